The van der Waals surface area contributed by atoms with Crippen LogP contribution in [0, 0.1) is 5.82 Å². The number of hydrogen-bond acceptors (Lipinski definition) is 3. The zero-order valence-corrected chi connectivity index (χ0v) is 17.7. The Hall–Kier alpha value is -2.95. The Morgan fingerprint density at radius 3 is 2.20 bits per heavy atom. The number of amides is 2. The molecule has 1 aliphatic rings. The van der Waals surface area contributed by atoms with Gasteiger partial charge in [-0.3, -0.25) is 14.5 Å². The molecule has 0 aromatic heterocycles. The molecule has 0 N–H and O–H groups in total. The monoisotopic (exact) mass is 408 g/mol. The molecule has 2 aromatic carbocycles. The first-order valence-corrected chi connectivity index (χ1v) is 10.7. The van der Waals surface area contributed by atoms with Gasteiger partial charge in [0.05, 0.1) is 5.57 Å². The van der Waals surface area contributed by atoms with Crippen molar-refractivity contribution in [2.24, 2.45) is 0 Å². The number of benzene rings is 2. The Morgan fingerprint density at radius 2 is 1.57 bits per heavy atom. The lowest BCUT2D eigenvalue weighted by Gasteiger charge is -2.25. The average Bonchev–Trinajstić information content (AvgIpc) is 3.01. The van der Waals surface area contributed by atoms with Crippen molar-refractivity contribution < 1.29 is 14.0 Å². The number of halogens is 1. The summed E-state index contributed by atoms with van der Waals surface area (Å²) in [6.45, 7) is 5.62. The molecule has 0 unspecified atom stereocenters. The van der Waals surface area contributed by atoms with Crippen LogP contribution in [0.4, 0.5) is 4.39 Å². The lowest BCUT2D eigenvalue weighted by atomic mass is 10.0. The van der Waals surface area contributed by atoms with Gasteiger partial charge in [0.1, 0.15) is 11.5 Å². The second-order valence-electron chi connectivity index (χ2n) is 7.55. The van der Waals surface area contributed by atoms with Crippen molar-refractivity contribution in [2.45, 2.75) is 46.1 Å². The average molecular weight is 409 g/mol. The maximum atomic E-state index is 13.5. The Balaban J connectivity index is 1.96. The molecular weight excluding hydrogens is 379 g/mol. The number of unbranched alkanes of at least 4 members (excludes halogenated alkanes) is 3. The highest BCUT2D eigenvalue weighted by Gasteiger charge is 2.40. The highest BCUT2D eigenvalue weighted by Crippen LogP contribution is 2.32. The third-order valence-electron chi connectivity index (χ3n) is 5.43. The predicted octanol–water partition coefficient (Wildman–Crippen LogP) is 5.01. The summed E-state index contributed by atoms with van der Waals surface area (Å²) in [5.74, 6) is -0.913. The van der Waals surface area contributed by atoms with E-state index >= 15 is 0 Å². The highest BCUT2D eigenvalue weighted by atomic mass is 19.1. The van der Waals surface area contributed by atoms with Crippen molar-refractivity contribution in [3.05, 3.63) is 77.2 Å². The molecule has 0 saturated heterocycles. The number of imide groups is 1. The van der Waals surface area contributed by atoms with Gasteiger partial charge in [-0.15, -0.1) is 0 Å². The molecule has 158 valence electrons. The van der Waals surface area contributed by atoms with Crippen molar-refractivity contribution in [1.82, 2.24) is 9.80 Å². The maximum absolute atomic E-state index is 13.5. The van der Waals surface area contributed by atoms with E-state index in [-0.39, 0.29) is 17.6 Å². The van der Waals surface area contributed by atoms with Gasteiger partial charge in [-0.2, -0.15) is 0 Å². The van der Waals surface area contributed by atoms with Crippen LogP contribution < -0.4 is 0 Å². The van der Waals surface area contributed by atoms with Gasteiger partial charge in [0.15, 0.2) is 0 Å². The first-order chi connectivity index (χ1) is 14.6. The molecule has 1 heterocycles. The van der Waals surface area contributed by atoms with E-state index in [0.717, 1.165) is 31.2 Å². The number of likely N-dealkylation sites (N-methyl/N-ethyl adjacent to an activating group) is 1. The van der Waals surface area contributed by atoms with Crippen LogP contribution in [0.2, 0.25) is 0 Å². The van der Waals surface area contributed by atoms with Crippen molar-refractivity contribution in [3.8, 4) is 0 Å². The molecular formula is C25H29FN2O2. The van der Waals surface area contributed by atoms with Gasteiger partial charge in [0, 0.05) is 19.6 Å². The summed E-state index contributed by atoms with van der Waals surface area (Å²) in [7, 11) is 0. The molecule has 30 heavy (non-hydrogen) atoms. The number of carbonyl (C=O) groups is 2. The Morgan fingerprint density at radius 1 is 0.867 bits per heavy atom. The van der Waals surface area contributed by atoms with Crippen LogP contribution in [0.15, 0.2) is 60.3 Å². The third kappa shape index (κ3) is 4.78. The van der Waals surface area contributed by atoms with Crippen LogP contribution in [-0.2, 0) is 16.1 Å². The van der Waals surface area contributed by atoms with Gasteiger partial charge < -0.3 is 4.90 Å². The van der Waals surface area contributed by atoms with Gasteiger partial charge in [-0.05, 0) is 36.6 Å². The minimum atomic E-state index is -0.370. The molecule has 0 spiro atoms. The van der Waals surface area contributed by atoms with E-state index in [1.807, 2.05) is 42.2 Å². The molecule has 0 atom stereocenters. The van der Waals surface area contributed by atoms with Crippen LogP contribution in [0.3, 0.4) is 0 Å². The molecule has 2 aromatic rings. The van der Waals surface area contributed by atoms with E-state index in [0.29, 0.717) is 36.5 Å². The van der Waals surface area contributed by atoms with Crippen LogP contribution in [0.25, 0.3) is 5.57 Å². The van der Waals surface area contributed by atoms with Crippen molar-refractivity contribution >= 4 is 17.4 Å². The van der Waals surface area contributed by atoms with E-state index in [1.165, 1.54) is 17.0 Å². The van der Waals surface area contributed by atoms with E-state index in [1.54, 1.807) is 12.1 Å². The molecule has 5 heteroatoms. The predicted molar refractivity (Wildman–Crippen MR) is 117 cm³/mol. The molecule has 1 aliphatic heterocycles. The smallest absolute Gasteiger partial charge is 0.277 e. The van der Waals surface area contributed by atoms with Crippen molar-refractivity contribution in [2.75, 3.05) is 13.1 Å². The first-order valence-electron chi connectivity index (χ1n) is 10.7. The molecule has 0 aliphatic carbocycles. The molecule has 4 nitrogen and oxygen atoms in total. The van der Waals surface area contributed by atoms with E-state index in [2.05, 4.69) is 6.92 Å². The zero-order valence-electron chi connectivity index (χ0n) is 17.7. The second-order valence-corrected chi connectivity index (χ2v) is 7.55. The fourth-order valence-electron chi connectivity index (χ4n) is 3.79. The van der Waals surface area contributed by atoms with Gasteiger partial charge in [-0.1, -0.05) is 68.7 Å². The second kappa shape index (κ2) is 10.2. The summed E-state index contributed by atoms with van der Waals surface area (Å²) in [5.41, 5.74) is 2.42. The molecule has 3 rings (SSSR count). The van der Waals surface area contributed by atoms with Crippen LogP contribution >= 0.6 is 0 Å². The summed E-state index contributed by atoms with van der Waals surface area (Å²) in [5, 5.41) is 0. The summed E-state index contributed by atoms with van der Waals surface area (Å²) >= 11 is 0. The quantitative estimate of drug-likeness (QED) is 0.410. The normalized spacial score (nSPS) is 14.0. The Kier molecular flexibility index (Phi) is 7.39. The van der Waals surface area contributed by atoms with Crippen LogP contribution in [0.5, 0.6) is 0 Å². The largest absolute Gasteiger partial charge is 0.362 e. The number of hydrogen-bond donors (Lipinski definition) is 0. The molecule has 2 amide bonds. The molecule has 0 bridgehead atoms. The number of nitrogens with zero attached hydrogens (tertiary/aromatic N) is 2. The number of carbonyl (C=O) groups excluding carboxylic acids is 2. The fourth-order valence-corrected chi connectivity index (χ4v) is 3.79. The molecule has 0 fully saturated rings. The van der Waals surface area contributed by atoms with Gasteiger partial charge in [0.25, 0.3) is 11.8 Å². The topological polar surface area (TPSA) is 40.6 Å². The first kappa shape index (κ1) is 21.8. The minimum Gasteiger partial charge on any atom is -0.362 e. The zero-order chi connectivity index (χ0) is 21.5. The summed E-state index contributed by atoms with van der Waals surface area (Å²) < 4.78 is 13.5. The Labute approximate surface area is 178 Å². The lowest BCUT2D eigenvalue weighted by Crippen LogP contribution is -2.35. The maximum Gasteiger partial charge on any atom is 0.277 e. The van der Waals surface area contributed by atoms with E-state index in [9.17, 15) is 14.0 Å². The lowest BCUT2D eigenvalue weighted by molar-refractivity contribution is -0.137. The molecule has 0 saturated carbocycles. The van der Waals surface area contributed by atoms with E-state index < -0.39 is 0 Å². The van der Waals surface area contributed by atoms with Crippen LogP contribution in [0.1, 0.15) is 50.7 Å². The Bertz CT molecular complexity index is 907. The summed E-state index contributed by atoms with van der Waals surface area (Å²) in [6, 6.07) is 15.7. The van der Waals surface area contributed by atoms with Crippen LogP contribution in [-0.4, -0.2) is 34.7 Å². The fraction of sp³-hybridized carbons (Fsp3) is 0.360. The van der Waals surface area contributed by atoms with Crippen molar-refractivity contribution in [3.63, 3.8) is 0 Å². The number of rotatable bonds is 10. The SMILES string of the molecule is CCCCCCN1C(=O)C(c2ccc(F)cc2)=C(N(CC)Cc2ccccc2)C1=O. The van der Waals surface area contributed by atoms with E-state index in [4.69, 9.17) is 0 Å². The van der Waals surface area contributed by atoms with Crippen molar-refractivity contribution in [1.29, 1.82) is 0 Å². The highest BCUT2D eigenvalue weighted by molar-refractivity contribution is 6.35. The van der Waals surface area contributed by atoms with Gasteiger partial charge in [-0.25, -0.2) is 4.39 Å². The summed E-state index contributed by atoms with van der Waals surface area (Å²) in [4.78, 5) is 29.9. The standard InChI is InChI=1S/C25H29FN2O2/c1-3-5-6-10-17-28-24(29)22(20-13-15-21(26)16-14-20)23(25(28)30)27(4-2)18-19-11-8-7-9-12-19/h7-9,11-16H,3-6,10,17-18H2,1-2H3. The van der Waals surface area contributed by atoms with Gasteiger partial charge >= 0.3 is 0 Å². The summed E-state index contributed by atoms with van der Waals surface area (Å²) in [6.07, 6.45) is 3.94. The minimum absolute atomic E-state index is 0.256. The molecule has 0 radical (unpaired) electrons. The third-order valence-corrected chi connectivity index (χ3v) is 5.43. The van der Waals surface area contributed by atoms with Gasteiger partial charge in [0.2, 0.25) is 0 Å².